The Balaban J connectivity index is 1.91. The number of nitrogens with one attached hydrogen (secondary N) is 1. The van der Waals surface area contributed by atoms with Crippen molar-refractivity contribution in [1.82, 2.24) is 5.32 Å². The van der Waals surface area contributed by atoms with Crippen molar-refractivity contribution < 1.29 is 22.7 Å². The Morgan fingerprint density at radius 3 is 2.23 bits per heavy atom. The van der Waals surface area contributed by atoms with E-state index in [1.165, 1.54) is 16.9 Å². The molecule has 170 valence electrons. The second-order valence-corrected chi connectivity index (χ2v) is 9.72. The van der Waals surface area contributed by atoms with Gasteiger partial charge in [0.25, 0.3) is 5.91 Å². The number of benzene rings is 2. The molecule has 0 aliphatic carbocycles. The number of hydrogen-bond acceptors (Lipinski definition) is 5. The van der Waals surface area contributed by atoms with Gasteiger partial charge in [-0.2, -0.15) is 0 Å². The topological polar surface area (TPSA) is 84.9 Å². The Labute approximate surface area is 185 Å². The van der Waals surface area contributed by atoms with Gasteiger partial charge in [0.2, 0.25) is 10.0 Å². The zero-order valence-electron chi connectivity index (χ0n) is 19.0. The van der Waals surface area contributed by atoms with Gasteiger partial charge in [-0.25, -0.2) is 8.42 Å². The van der Waals surface area contributed by atoms with Crippen molar-refractivity contribution in [3.8, 4) is 11.5 Å². The third kappa shape index (κ3) is 7.17. The van der Waals surface area contributed by atoms with E-state index in [0.29, 0.717) is 24.5 Å². The molecule has 0 saturated heterocycles. The highest BCUT2D eigenvalue weighted by Gasteiger charge is 2.21. The molecule has 0 aromatic heterocycles. The van der Waals surface area contributed by atoms with Crippen molar-refractivity contribution in [2.45, 2.75) is 46.3 Å². The Morgan fingerprint density at radius 1 is 1.06 bits per heavy atom. The number of ether oxygens (including phenoxy) is 2. The van der Waals surface area contributed by atoms with Gasteiger partial charge in [-0.15, -0.1) is 0 Å². The number of amides is 1. The number of rotatable bonds is 10. The Hall–Kier alpha value is -2.74. The smallest absolute Gasteiger partial charge is 0.261 e. The van der Waals surface area contributed by atoms with Crippen molar-refractivity contribution in [2.24, 2.45) is 0 Å². The van der Waals surface area contributed by atoms with E-state index in [0.717, 1.165) is 17.6 Å². The van der Waals surface area contributed by atoms with Crippen LogP contribution in [0.2, 0.25) is 0 Å². The third-order valence-corrected chi connectivity index (χ3v) is 6.21. The molecule has 2 rings (SSSR count). The summed E-state index contributed by atoms with van der Waals surface area (Å²) in [5.74, 6) is 1.04. The van der Waals surface area contributed by atoms with Gasteiger partial charge in [0.05, 0.1) is 18.0 Å². The molecular weight excluding hydrogens is 416 g/mol. The first-order valence-electron chi connectivity index (χ1n) is 10.2. The zero-order chi connectivity index (χ0) is 23.2. The van der Waals surface area contributed by atoms with Gasteiger partial charge in [-0.1, -0.05) is 13.0 Å². The number of hydrogen-bond donors (Lipinski definition) is 1. The van der Waals surface area contributed by atoms with Crippen molar-refractivity contribution in [2.75, 3.05) is 24.2 Å². The lowest BCUT2D eigenvalue weighted by molar-refractivity contribution is -0.128. The number of sulfonamides is 1. The molecule has 2 aromatic rings. The molecule has 2 atom stereocenters. The zero-order valence-corrected chi connectivity index (χ0v) is 19.8. The molecule has 0 fully saturated rings. The summed E-state index contributed by atoms with van der Waals surface area (Å²) in [6.45, 7) is 8.16. The van der Waals surface area contributed by atoms with Crippen LogP contribution in [0.5, 0.6) is 11.5 Å². The van der Waals surface area contributed by atoms with E-state index in [1.807, 2.05) is 45.9 Å². The summed E-state index contributed by atoms with van der Waals surface area (Å²) in [4.78, 5) is 12.6. The average molecular weight is 449 g/mol. The number of anilines is 1. The molecule has 7 nitrogen and oxygen atoms in total. The summed E-state index contributed by atoms with van der Waals surface area (Å²) in [6.07, 6.45) is 0.962. The van der Waals surface area contributed by atoms with Crippen LogP contribution in [0.4, 0.5) is 5.69 Å². The molecule has 0 saturated carbocycles. The van der Waals surface area contributed by atoms with Crippen LogP contribution in [0.25, 0.3) is 0 Å². The number of aryl methyl sites for hydroxylation is 2. The average Bonchev–Trinajstić information content (AvgIpc) is 2.72. The molecule has 31 heavy (non-hydrogen) atoms. The molecule has 2 aromatic carbocycles. The van der Waals surface area contributed by atoms with E-state index in [9.17, 15) is 13.2 Å². The molecule has 0 unspecified atom stereocenters. The summed E-state index contributed by atoms with van der Waals surface area (Å²) in [6, 6.07) is 12.3. The van der Waals surface area contributed by atoms with Crippen LogP contribution in [-0.4, -0.2) is 46.4 Å². The highest BCUT2D eigenvalue weighted by Crippen LogP contribution is 2.21. The fourth-order valence-corrected chi connectivity index (χ4v) is 3.32. The Kier molecular flexibility index (Phi) is 8.33. The van der Waals surface area contributed by atoms with Crippen LogP contribution in [-0.2, 0) is 14.8 Å². The first kappa shape index (κ1) is 24.5. The molecule has 0 aliphatic rings. The lowest BCUT2D eigenvalue weighted by Crippen LogP contribution is -2.44. The van der Waals surface area contributed by atoms with Gasteiger partial charge in [0.1, 0.15) is 18.1 Å². The minimum atomic E-state index is -3.34. The minimum absolute atomic E-state index is 0.197. The maximum Gasteiger partial charge on any atom is 0.261 e. The van der Waals surface area contributed by atoms with Crippen molar-refractivity contribution in [3.63, 3.8) is 0 Å². The predicted octanol–water partition coefficient (Wildman–Crippen LogP) is 3.44. The number of nitrogens with zero attached hydrogens (tertiary/aromatic N) is 1. The third-order valence-electron chi connectivity index (χ3n) is 5.01. The van der Waals surface area contributed by atoms with Gasteiger partial charge in [-0.3, -0.25) is 9.10 Å². The largest absolute Gasteiger partial charge is 0.491 e. The maximum absolute atomic E-state index is 12.6. The van der Waals surface area contributed by atoms with Gasteiger partial charge in [0.15, 0.2) is 6.10 Å². The van der Waals surface area contributed by atoms with Crippen molar-refractivity contribution in [3.05, 3.63) is 53.6 Å². The highest BCUT2D eigenvalue weighted by atomic mass is 32.2. The van der Waals surface area contributed by atoms with E-state index in [-0.39, 0.29) is 11.9 Å². The van der Waals surface area contributed by atoms with E-state index >= 15 is 0 Å². The lowest BCUT2D eigenvalue weighted by atomic mass is 10.1. The predicted molar refractivity (Wildman–Crippen MR) is 123 cm³/mol. The summed E-state index contributed by atoms with van der Waals surface area (Å²) < 4.78 is 36.1. The molecule has 0 aliphatic heterocycles. The maximum atomic E-state index is 12.6. The van der Waals surface area contributed by atoms with E-state index < -0.39 is 16.1 Å². The van der Waals surface area contributed by atoms with Crippen LogP contribution in [0.3, 0.4) is 0 Å². The normalized spacial score (nSPS) is 13.2. The Morgan fingerprint density at radius 2 is 1.68 bits per heavy atom. The molecule has 1 N–H and O–H groups in total. The second kappa shape index (κ2) is 10.5. The van der Waals surface area contributed by atoms with Crippen LogP contribution in [0, 0.1) is 13.8 Å². The van der Waals surface area contributed by atoms with E-state index in [2.05, 4.69) is 5.32 Å². The van der Waals surface area contributed by atoms with Gasteiger partial charge in [0, 0.05) is 7.05 Å². The fraction of sp³-hybridized carbons (Fsp3) is 0.435. The fourth-order valence-electron chi connectivity index (χ4n) is 2.82. The second-order valence-electron chi connectivity index (χ2n) is 7.71. The Bertz CT molecular complexity index is 990. The molecule has 0 bridgehead atoms. The number of carbonyl (C=O) groups is 1. The van der Waals surface area contributed by atoms with Crippen LogP contribution in [0.1, 0.15) is 31.4 Å². The molecule has 0 spiro atoms. The minimum Gasteiger partial charge on any atom is -0.491 e. The molecule has 0 heterocycles. The van der Waals surface area contributed by atoms with E-state index in [1.54, 1.807) is 24.3 Å². The quantitative estimate of drug-likeness (QED) is 0.602. The lowest BCUT2D eigenvalue weighted by Gasteiger charge is -2.21. The monoisotopic (exact) mass is 448 g/mol. The van der Waals surface area contributed by atoms with Crippen LogP contribution < -0.4 is 19.1 Å². The highest BCUT2D eigenvalue weighted by molar-refractivity contribution is 7.92. The summed E-state index contributed by atoms with van der Waals surface area (Å²) in [5, 5.41) is 2.92. The van der Waals surface area contributed by atoms with Gasteiger partial charge < -0.3 is 14.8 Å². The van der Waals surface area contributed by atoms with Gasteiger partial charge in [-0.05, 0) is 74.7 Å². The van der Waals surface area contributed by atoms with Crippen LogP contribution in [0.15, 0.2) is 42.5 Å². The summed E-state index contributed by atoms with van der Waals surface area (Å²) >= 11 is 0. The molecule has 0 radical (unpaired) electrons. The first-order valence-corrected chi connectivity index (χ1v) is 12.1. The molecule has 1 amide bonds. The van der Waals surface area contributed by atoms with Crippen molar-refractivity contribution >= 4 is 21.6 Å². The van der Waals surface area contributed by atoms with Crippen molar-refractivity contribution in [1.29, 1.82) is 0 Å². The van der Waals surface area contributed by atoms with Crippen LogP contribution >= 0.6 is 0 Å². The first-order chi connectivity index (χ1) is 14.5. The number of carbonyl (C=O) groups excluding carboxylic acids is 1. The summed E-state index contributed by atoms with van der Waals surface area (Å²) in [5.41, 5.74) is 2.87. The molecular formula is C23H32N2O5S. The van der Waals surface area contributed by atoms with Gasteiger partial charge >= 0.3 is 0 Å². The molecule has 8 heteroatoms. The van der Waals surface area contributed by atoms with E-state index in [4.69, 9.17) is 9.47 Å². The summed E-state index contributed by atoms with van der Waals surface area (Å²) in [7, 11) is -1.86. The standard InChI is InChI=1S/C23H32N2O5S/c1-7-22(30-20-12-9-19(10-13-20)25(5)31(6,27)28)23(26)24-18(4)15-29-21-11-8-16(2)17(3)14-21/h8-14,18,22H,7,15H2,1-6H3,(H,24,26)/t18-,22-/m1/s1. The SMILES string of the molecule is CC[C@@H](Oc1ccc(N(C)S(C)(=O)=O)cc1)C(=O)N[C@H](C)COc1ccc(C)c(C)c1.